The van der Waals surface area contributed by atoms with E-state index < -0.39 is 5.97 Å². The molecule has 0 heterocycles. The Bertz CT molecular complexity index is 488. The Labute approximate surface area is 98.1 Å². The molecule has 0 radical (unpaired) electrons. The summed E-state index contributed by atoms with van der Waals surface area (Å²) in [6.45, 7) is 0. The fourth-order valence-corrected chi connectivity index (χ4v) is 1.19. The van der Waals surface area contributed by atoms with Gasteiger partial charge in [-0.2, -0.15) is 0 Å². The van der Waals surface area contributed by atoms with Crippen LogP contribution in [0.4, 0.5) is 5.69 Å². The van der Waals surface area contributed by atoms with Gasteiger partial charge in [-0.05, 0) is 18.2 Å². The fourth-order valence-electron chi connectivity index (χ4n) is 1.19. The predicted molar refractivity (Wildman–Crippen MR) is 61.8 cm³/mol. The number of hydrogen-bond donors (Lipinski definition) is 3. The standard InChI is InChI=1S/C12H11NO4/c1-2-3-4-11(15)13-8-5-6-10(14)9(7-8)12(16)17/h1,5-7,14H,3-4H2,(H,13,15)(H,16,17). The molecule has 0 aromatic heterocycles. The van der Waals surface area contributed by atoms with Crippen molar-refractivity contribution in [3.05, 3.63) is 23.8 Å². The third kappa shape index (κ3) is 3.54. The third-order valence-electron chi connectivity index (χ3n) is 2.01. The lowest BCUT2D eigenvalue weighted by atomic mass is 10.1. The molecule has 1 amide bonds. The lowest BCUT2D eigenvalue weighted by Crippen LogP contribution is -2.11. The largest absolute Gasteiger partial charge is 0.507 e. The van der Waals surface area contributed by atoms with Crippen LogP contribution in [-0.2, 0) is 4.79 Å². The van der Waals surface area contributed by atoms with E-state index in [4.69, 9.17) is 11.5 Å². The first-order valence-electron chi connectivity index (χ1n) is 4.84. The first kappa shape index (κ1) is 12.6. The van der Waals surface area contributed by atoms with Crippen LogP contribution in [0.25, 0.3) is 0 Å². The molecule has 0 saturated heterocycles. The molecule has 0 bridgehead atoms. The zero-order valence-corrected chi connectivity index (χ0v) is 8.93. The molecule has 1 rings (SSSR count). The van der Waals surface area contributed by atoms with Gasteiger partial charge in [0.05, 0.1) is 0 Å². The third-order valence-corrected chi connectivity index (χ3v) is 2.01. The van der Waals surface area contributed by atoms with Gasteiger partial charge in [-0.3, -0.25) is 4.79 Å². The van der Waals surface area contributed by atoms with E-state index in [0.717, 1.165) is 0 Å². The Morgan fingerprint density at radius 1 is 1.41 bits per heavy atom. The molecule has 0 atom stereocenters. The van der Waals surface area contributed by atoms with E-state index in [1.54, 1.807) is 0 Å². The fraction of sp³-hybridized carbons (Fsp3) is 0.167. The van der Waals surface area contributed by atoms with Crippen molar-refractivity contribution in [3.8, 4) is 18.1 Å². The van der Waals surface area contributed by atoms with E-state index in [1.807, 2.05) is 0 Å². The van der Waals surface area contributed by atoms with Crippen molar-refractivity contribution in [1.29, 1.82) is 0 Å². The van der Waals surface area contributed by atoms with E-state index in [2.05, 4.69) is 11.2 Å². The Morgan fingerprint density at radius 2 is 2.12 bits per heavy atom. The maximum Gasteiger partial charge on any atom is 0.339 e. The number of aromatic carboxylic acids is 1. The molecule has 5 nitrogen and oxygen atoms in total. The molecule has 88 valence electrons. The molecular formula is C12H11NO4. The molecule has 0 fully saturated rings. The maximum atomic E-state index is 11.3. The van der Waals surface area contributed by atoms with Crippen LogP contribution in [-0.4, -0.2) is 22.1 Å². The summed E-state index contributed by atoms with van der Waals surface area (Å²) >= 11 is 0. The van der Waals surface area contributed by atoms with Crippen LogP contribution < -0.4 is 5.32 Å². The van der Waals surface area contributed by atoms with Gasteiger partial charge in [0, 0.05) is 18.5 Å². The van der Waals surface area contributed by atoms with Crippen molar-refractivity contribution in [1.82, 2.24) is 0 Å². The molecule has 0 aliphatic rings. The smallest absolute Gasteiger partial charge is 0.339 e. The normalized spacial score (nSPS) is 9.35. The second-order valence-electron chi connectivity index (χ2n) is 3.29. The van der Waals surface area contributed by atoms with Crippen LogP contribution in [0, 0.1) is 12.3 Å². The van der Waals surface area contributed by atoms with Crippen LogP contribution in [0.15, 0.2) is 18.2 Å². The first-order chi connectivity index (χ1) is 8.04. The molecule has 0 unspecified atom stereocenters. The number of nitrogens with one attached hydrogen (secondary N) is 1. The Morgan fingerprint density at radius 3 is 2.71 bits per heavy atom. The average Bonchev–Trinajstić information content (AvgIpc) is 2.28. The highest BCUT2D eigenvalue weighted by molar-refractivity contribution is 5.95. The summed E-state index contributed by atoms with van der Waals surface area (Å²) in [5.41, 5.74) is 0.0435. The topological polar surface area (TPSA) is 86.6 Å². The van der Waals surface area contributed by atoms with Gasteiger partial charge >= 0.3 is 5.97 Å². The monoisotopic (exact) mass is 233 g/mol. The molecule has 3 N–H and O–H groups in total. The van der Waals surface area contributed by atoms with Crippen LogP contribution in [0.5, 0.6) is 5.75 Å². The molecule has 0 aliphatic carbocycles. The van der Waals surface area contributed by atoms with Crippen LogP contribution in [0.3, 0.4) is 0 Å². The minimum atomic E-state index is -1.26. The summed E-state index contributed by atoms with van der Waals surface area (Å²) in [7, 11) is 0. The molecule has 17 heavy (non-hydrogen) atoms. The second kappa shape index (κ2) is 5.56. The van der Waals surface area contributed by atoms with Gasteiger partial charge in [0.25, 0.3) is 0 Å². The van der Waals surface area contributed by atoms with E-state index >= 15 is 0 Å². The van der Waals surface area contributed by atoms with Crippen LogP contribution >= 0.6 is 0 Å². The van der Waals surface area contributed by atoms with Crippen molar-refractivity contribution in [2.45, 2.75) is 12.8 Å². The summed E-state index contributed by atoms with van der Waals surface area (Å²) in [6, 6.07) is 3.81. The summed E-state index contributed by atoms with van der Waals surface area (Å²) in [4.78, 5) is 22.1. The van der Waals surface area contributed by atoms with Crippen molar-refractivity contribution < 1.29 is 19.8 Å². The first-order valence-corrected chi connectivity index (χ1v) is 4.84. The Kier molecular flexibility index (Phi) is 4.12. The van der Waals surface area contributed by atoms with Crippen molar-refractivity contribution >= 4 is 17.6 Å². The zero-order valence-electron chi connectivity index (χ0n) is 8.93. The van der Waals surface area contributed by atoms with Crippen molar-refractivity contribution in [2.24, 2.45) is 0 Å². The van der Waals surface area contributed by atoms with Gasteiger partial charge in [0.15, 0.2) is 0 Å². The molecule has 0 saturated carbocycles. The van der Waals surface area contributed by atoms with E-state index in [0.29, 0.717) is 12.1 Å². The minimum absolute atomic E-state index is 0.166. The zero-order chi connectivity index (χ0) is 12.8. The van der Waals surface area contributed by atoms with Crippen molar-refractivity contribution in [3.63, 3.8) is 0 Å². The van der Waals surface area contributed by atoms with Crippen LogP contribution in [0.2, 0.25) is 0 Å². The van der Waals surface area contributed by atoms with Gasteiger partial charge in [0.2, 0.25) is 5.91 Å². The predicted octanol–water partition coefficient (Wildman–Crippen LogP) is 1.44. The van der Waals surface area contributed by atoms with Gasteiger partial charge in [0.1, 0.15) is 11.3 Å². The molecule has 0 spiro atoms. The number of aromatic hydroxyl groups is 1. The highest BCUT2D eigenvalue weighted by Crippen LogP contribution is 2.21. The number of benzene rings is 1. The van der Waals surface area contributed by atoms with E-state index in [1.165, 1.54) is 18.2 Å². The summed E-state index contributed by atoms with van der Waals surface area (Å²) in [5, 5.41) is 20.5. The highest BCUT2D eigenvalue weighted by atomic mass is 16.4. The quantitative estimate of drug-likeness (QED) is 0.542. The number of hydrogen-bond acceptors (Lipinski definition) is 3. The summed E-state index contributed by atoms with van der Waals surface area (Å²) in [5.74, 6) is 0.417. The number of rotatable bonds is 4. The lowest BCUT2D eigenvalue weighted by Gasteiger charge is -2.06. The maximum absolute atomic E-state index is 11.3. The minimum Gasteiger partial charge on any atom is -0.507 e. The number of carbonyl (C=O) groups is 2. The van der Waals surface area contributed by atoms with Gasteiger partial charge in [-0.25, -0.2) is 4.79 Å². The van der Waals surface area contributed by atoms with E-state index in [9.17, 15) is 14.7 Å². The summed E-state index contributed by atoms with van der Waals surface area (Å²) < 4.78 is 0. The highest BCUT2D eigenvalue weighted by Gasteiger charge is 2.11. The number of phenols is 1. The van der Waals surface area contributed by atoms with Gasteiger partial charge in [-0.1, -0.05) is 0 Å². The molecule has 0 aliphatic heterocycles. The molecule has 5 heteroatoms. The SMILES string of the molecule is C#CCCC(=O)Nc1ccc(O)c(C(=O)O)c1. The molecular weight excluding hydrogens is 222 g/mol. The number of carboxylic acids is 1. The van der Waals surface area contributed by atoms with Crippen LogP contribution in [0.1, 0.15) is 23.2 Å². The Balaban J connectivity index is 2.80. The summed E-state index contributed by atoms with van der Waals surface area (Å²) in [6.07, 6.45) is 5.49. The molecule has 1 aromatic carbocycles. The van der Waals surface area contributed by atoms with Gasteiger partial charge < -0.3 is 15.5 Å². The Hall–Kier alpha value is -2.48. The lowest BCUT2D eigenvalue weighted by molar-refractivity contribution is -0.116. The van der Waals surface area contributed by atoms with Gasteiger partial charge in [-0.15, -0.1) is 12.3 Å². The number of terminal acetylenes is 1. The number of carbonyl (C=O) groups excluding carboxylic acids is 1. The number of amides is 1. The second-order valence-corrected chi connectivity index (χ2v) is 3.29. The average molecular weight is 233 g/mol. The molecule has 1 aromatic rings. The number of carboxylic acid groups (broad SMARTS) is 1. The van der Waals surface area contributed by atoms with Crippen molar-refractivity contribution in [2.75, 3.05) is 5.32 Å². The van der Waals surface area contributed by atoms with E-state index in [-0.39, 0.29) is 23.6 Å². The number of anilines is 1.